The molecule has 2 N–H and O–H groups in total. The van der Waals surface area contributed by atoms with E-state index in [0.717, 1.165) is 31.2 Å². The molecule has 1 aromatic rings. The number of amides is 1. The Morgan fingerprint density at radius 2 is 1.96 bits per heavy atom. The van der Waals surface area contributed by atoms with E-state index in [4.69, 9.17) is 4.74 Å². The molecule has 1 saturated carbocycles. The highest BCUT2D eigenvalue weighted by atomic mass is 127. The predicted octanol–water partition coefficient (Wildman–Crippen LogP) is 3.16. The van der Waals surface area contributed by atoms with Crippen molar-refractivity contribution in [3.63, 3.8) is 0 Å². The van der Waals surface area contributed by atoms with E-state index in [1.165, 1.54) is 6.07 Å². The van der Waals surface area contributed by atoms with E-state index in [0.29, 0.717) is 25.7 Å². The fraction of sp³-hybridized carbons (Fsp3) is 0.600. The number of carbonyl (C=O) groups is 1. The summed E-state index contributed by atoms with van der Waals surface area (Å²) in [5.74, 6) is 0.647. The van der Waals surface area contributed by atoms with Gasteiger partial charge < -0.3 is 20.3 Å². The highest BCUT2D eigenvalue weighted by Crippen LogP contribution is 2.38. The summed E-state index contributed by atoms with van der Waals surface area (Å²) in [6, 6.07) is 4.91. The van der Waals surface area contributed by atoms with Gasteiger partial charge in [0.05, 0.1) is 12.0 Å². The molecule has 158 valence electrons. The summed E-state index contributed by atoms with van der Waals surface area (Å²) in [5.41, 5.74) is 0.422. The second-order valence-electron chi connectivity index (χ2n) is 7.16. The molecule has 0 atom stereocenters. The van der Waals surface area contributed by atoms with Crippen LogP contribution in [0.3, 0.4) is 0 Å². The molecule has 1 aliphatic rings. The topological polar surface area (TPSA) is 66.0 Å². The number of hydrogen-bond donors (Lipinski definition) is 2. The zero-order chi connectivity index (χ0) is 19.9. The number of aliphatic imine (C=N–C) groups is 1. The van der Waals surface area contributed by atoms with Gasteiger partial charge in [-0.15, -0.1) is 24.0 Å². The smallest absolute Gasteiger partial charge is 0.230 e. The summed E-state index contributed by atoms with van der Waals surface area (Å²) in [5, 5.41) is 6.46. The lowest BCUT2D eigenvalue weighted by Gasteiger charge is -2.31. The van der Waals surface area contributed by atoms with Crippen molar-refractivity contribution in [2.75, 3.05) is 34.3 Å². The van der Waals surface area contributed by atoms with Gasteiger partial charge in [0.2, 0.25) is 5.91 Å². The summed E-state index contributed by atoms with van der Waals surface area (Å²) in [6.07, 6.45) is 3.91. The number of guanidine groups is 1. The Balaban J connectivity index is 0.00000392. The first-order valence-corrected chi connectivity index (χ1v) is 9.49. The molecular formula is C20H32FIN4O2. The first kappa shape index (κ1) is 24.5. The van der Waals surface area contributed by atoms with Gasteiger partial charge in [0.15, 0.2) is 17.5 Å². The van der Waals surface area contributed by atoms with E-state index in [1.807, 2.05) is 13.0 Å². The van der Waals surface area contributed by atoms with Crippen molar-refractivity contribution in [1.29, 1.82) is 0 Å². The standard InChI is InChI=1S/C20H31FN4O2.HI/c1-5-27-17-9-8-15(12-16(17)21)13-23-19(22-2)24-14-20(10-6-7-11-20)18(26)25(3)4;/h8-9,12H,5-7,10-11,13-14H2,1-4H3,(H2,22,23,24);1H. The predicted molar refractivity (Wildman–Crippen MR) is 121 cm³/mol. The molecular weight excluding hydrogens is 474 g/mol. The number of nitrogens with one attached hydrogen (secondary N) is 2. The maximum Gasteiger partial charge on any atom is 0.230 e. The number of carbonyl (C=O) groups excluding carboxylic acids is 1. The van der Waals surface area contributed by atoms with Gasteiger partial charge in [0, 0.05) is 34.2 Å². The molecule has 2 rings (SSSR count). The summed E-state index contributed by atoms with van der Waals surface area (Å²) in [4.78, 5) is 18.5. The lowest BCUT2D eigenvalue weighted by Crippen LogP contribution is -2.49. The van der Waals surface area contributed by atoms with Crippen LogP contribution in [0.1, 0.15) is 38.2 Å². The third kappa shape index (κ3) is 6.22. The van der Waals surface area contributed by atoms with Crippen molar-refractivity contribution in [3.05, 3.63) is 29.6 Å². The molecule has 0 heterocycles. The van der Waals surface area contributed by atoms with E-state index in [2.05, 4.69) is 15.6 Å². The molecule has 8 heteroatoms. The lowest BCUT2D eigenvalue weighted by atomic mass is 9.84. The molecule has 0 bridgehead atoms. The van der Waals surface area contributed by atoms with Crippen molar-refractivity contribution in [3.8, 4) is 5.75 Å². The molecule has 0 aliphatic heterocycles. The van der Waals surface area contributed by atoms with E-state index >= 15 is 0 Å². The Hall–Kier alpha value is -1.58. The maximum absolute atomic E-state index is 14.0. The Kier molecular flexibility index (Phi) is 9.98. The highest BCUT2D eigenvalue weighted by molar-refractivity contribution is 14.0. The van der Waals surface area contributed by atoms with Crippen LogP contribution in [0.4, 0.5) is 4.39 Å². The fourth-order valence-electron chi connectivity index (χ4n) is 3.58. The molecule has 0 spiro atoms. The van der Waals surface area contributed by atoms with Gasteiger partial charge in [-0.2, -0.15) is 0 Å². The van der Waals surface area contributed by atoms with Gasteiger partial charge in [-0.25, -0.2) is 4.39 Å². The average molecular weight is 506 g/mol. The highest BCUT2D eigenvalue weighted by Gasteiger charge is 2.42. The van der Waals surface area contributed by atoms with Crippen molar-refractivity contribution in [1.82, 2.24) is 15.5 Å². The summed E-state index contributed by atoms with van der Waals surface area (Å²) in [7, 11) is 5.29. The lowest BCUT2D eigenvalue weighted by molar-refractivity contribution is -0.138. The van der Waals surface area contributed by atoms with E-state index in [9.17, 15) is 9.18 Å². The SMILES string of the molecule is CCOc1ccc(CNC(=NC)NCC2(C(=O)N(C)C)CCCC2)cc1F.I. The van der Waals surface area contributed by atoms with E-state index in [-0.39, 0.29) is 46.9 Å². The number of benzene rings is 1. The van der Waals surface area contributed by atoms with Crippen LogP contribution in [0.15, 0.2) is 23.2 Å². The number of hydrogen-bond acceptors (Lipinski definition) is 3. The van der Waals surface area contributed by atoms with Gasteiger partial charge >= 0.3 is 0 Å². The van der Waals surface area contributed by atoms with Crippen LogP contribution in [0, 0.1) is 11.2 Å². The van der Waals surface area contributed by atoms with Crippen LogP contribution in [-0.2, 0) is 11.3 Å². The van der Waals surface area contributed by atoms with Crippen molar-refractivity contribution in [2.45, 2.75) is 39.2 Å². The molecule has 0 aromatic heterocycles. The molecule has 0 saturated heterocycles. The minimum Gasteiger partial charge on any atom is -0.491 e. The third-order valence-corrected chi connectivity index (χ3v) is 4.99. The van der Waals surface area contributed by atoms with Crippen LogP contribution in [0.2, 0.25) is 0 Å². The zero-order valence-electron chi connectivity index (χ0n) is 17.2. The second-order valence-corrected chi connectivity index (χ2v) is 7.16. The number of halogens is 2. The zero-order valence-corrected chi connectivity index (χ0v) is 19.5. The van der Waals surface area contributed by atoms with Crippen LogP contribution < -0.4 is 15.4 Å². The normalized spacial score (nSPS) is 15.5. The number of rotatable bonds is 7. The van der Waals surface area contributed by atoms with Gasteiger partial charge in [0.25, 0.3) is 0 Å². The Morgan fingerprint density at radius 1 is 1.29 bits per heavy atom. The summed E-state index contributed by atoms with van der Waals surface area (Å²) in [6.45, 7) is 3.22. The Morgan fingerprint density at radius 3 is 2.50 bits per heavy atom. The molecule has 0 unspecified atom stereocenters. The third-order valence-electron chi connectivity index (χ3n) is 4.99. The first-order chi connectivity index (χ1) is 12.9. The minimum atomic E-state index is -0.374. The molecule has 0 radical (unpaired) electrons. The number of nitrogens with zero attached hydrogens (tertiary/aromatic N) is 2. The minimum absolute atomic E-state index is 0. The van der Waals surface area contributed by atoms with Crippen molar-refractivity contribution in [2.24, 2.45) is 10.4 Å². The monoisotopic (exact) mass is 506 g/mol. The molecule has 6 nitrogen and oxygen atoms in total. The maximum atomic E-state index is 14.0. The molecule has 28 heavy (non-hydrogen) atoms. The van der Waals surface area contributed by atoms with Gasteiger partial charge in [-0.1, -0.05) is 18.9 Å². The Bertz CT molecular complexity index is 676. The molecule has 1 amide bonds. The van der Waals surface area contributed by atoms with Crippen LogP contribution >= 0.6 is 24.0 Å². The van der Waals surface area contributed by atoms with E-state index < -0.39 is 0 Å². The van der Waals surface area contributed by atoms with Crippen molar-refractivity contribution >= 4 is 35.8 Å². The number of ether oxygens (including phenoxy) is 1. The van der Waals surface area contributed by atoms with Gasteiger partial charge in [-0.05, 0) is 37.5 Å². The molecule has 1 fully saturated rings. The fourth-order valence-corrected chi connectivity index (χ4v) is 3.58. The first-order valence-electron chi connectivity index (χ1n) is 9.49. The van der Waals surface area contributed by atoms with Crippen LogP contribution in [0.5, 0.6) is 5.75 Å². The van der Waals surface area contributed by atoms with Crippen LogP contribution in [0.25, 0.3) is 0 Å². The summed E-state index contributed by atoms with van der Waals surface area (Å²) < 4.78 is 19.2. The Labute approximate surface area is 184 Å². The average Bonchev–Trinajstić information content (AvgIpc) is 3.13. The van der Waals surface area contributed by atoms with Gasteiger partial charge in [-0.3, -0.25) is 9.79 Å². The quantitative estimate of drug-likeness (QED) is 0.339. The van der Waals surface area contributed by atoms with Crippen molar-refractivity contribution < 1.29 is 13.9 Å². The van der Waals surface area contributed by atoms with Crippen LogP contribution in [-0.4, -0.2) is 51.1 Å². The van der Waals surface area contributed by atoms with E-state index in [1.54, 1.807) is 32.1 Å². The molecule has 1 aromatic carbocycles. The molecule has 1 aliphatic carbocycles. The summed E-state index contributed by atoms with van der Waals surface area (Å²) >= 11 is 0. The largest absolute Gasteiger partial charge is 0.491 e. The van der Waals surface area contributed by atoms with Gasteiger partial charge in [0.1, 0.15) is 0 Å². The second kappa shape index (κ2) is 11.4.